The van der Waals surface area contributed by atoms with Gasteiger partial charge in [-0.1, -0.05) is 73.1 Å². The minimum Gasteiger partial charge on any atom is -0.352 e. The van der Waals surface area contributed by atoms with Crippen LogP contribution in [0.2, 0.25) is 5.02 Å². The van der Waals surface area contributed by atoms with Gasteiger partial charge in [-0.2, -0.15) is 0 Å². The quantitative estimate of drug-likeness (QED) is 0.450. The van der Waals surface area contributed by atoms with Gasteiger partial charge in [0.05, 0.1) is 0 Å². The van der Waals surface area contributed by atoms with Crippen LogP contribution in [0.3, 0.4) is 0 Å². The Bertz CT molecular complexity index is 1060. The van der Waals surface area contributed by atoms with Crippen LogP contribution in [-0.4, -0.2) is 28.8 Å². The Morgan fingerprint density at radius 2 is 1.66 bits per heavy atom. The van der Waals surface area contributed by atoms with Crippen LogP contribution >= 0.6 is 11.6 Å². The Labute approximate surface area is 195 Å². The molecule has 168 valence electrons. The number of aryl methyl sites for hydroxylation is 1. The molecule has 3 rings (SSSR count). The minimum absolute atomic E-state index is 0.0420. The van der Waals surface area contributed by atoms with E-state index in [1.807, 2.05) is 44.2 Å². The molecule has 1 N–H and O–H groups in total. The number of hydrogen-bond donors (Lipinski definition) is 1. The zero-order chi connectivity index (χ0) is 23.1. The average Bonchev–Trinajstić information content (AvgIpc) is 2.81. The highest BCUT2D eigenvalue weighted by Crippen LogP contribution is 2.21. The number of amides is 2. The van der Waals surface area contributed by atoms with E-state index in [1.165, 1.54) is 0 Å². The van der Waals surface area contributed by atoms with Crippen LogP contribution in [0.5, 0.6) is 0 Å². The fourth-order valence-corrected chi connectivity index (χ4v) is 3.86. The van der Waals surface area contributed by atoms with Crippen LogP contribution in [0.4, 0.5) is 0 Å². The van der Waals surface area contributed by atoms with Crippen molar-refractivity contribution in [2.45, 2.75) is 58.7 Å². The summed E-state index contributed by atoms with van der Waals surface area (Å²) in [4.78, 5) is 27.8. The van der Waals surface area contributed by atoms with Gasteiger partial charge in [-0.3, -0.25) is 9.59 Å². The number of carbonyl (C=O) groups is 2. The Kier molecular flexibility index (Phi) is 8.29. The molecule has 32 heavy (non-hydrogen) atoms. The summed E-state index contributed by atoms with van der Waals surface area (Å²) in [6.45, 7) is 6.15. The molecule has 0 aromatic heterocycles. The van der Waals surface area contributed by atoms with E-state index in [0.29, 0.717) is 24.4 Å². The molecule has 0 aliphatic rings. The molecule has 3 aromatic carbocycles. The van der Waals surface area contributed by atoms with Gasteiger partial charge in [-0.15, -0.1) is 0 Å². The first kappa shape index (κ1) is 23.8. The lowest BCUT2D eigenvalue weighted by molar-refractivity contribution is -0.140. The first-order valence-corrected chi connectivity index (χ1v) is 11.6. The van der Waals surface area contributed by atoms with Crippen LogP contribution in [0, 0.1) is 0 Å². The zero-order valence-corrected chi connectivity index (χ0v) is 19.7. The molecule has 0 fully saturated rings. The maximum Gasteiger partial charge on any atom is 0.242 e. The lowest BCUT2D eigenvalue weighted by Crippen LogP contribution is -2.49. The number of nitrogens with one attached hydrogen (secondary N) is 1. The summed E-state index contributed by atoms with van der Waals surface area (Å²) in [5.41, 5.74) is 2.08. The van der Waals surface area contributed by atoms with Crippen molar-refractivity contribution in [3.8, 4) is 0 Å². The molecule has 3 aromatic rings. The highest BCUT2D eigenvalue weighted by molar-refractivity contribution is 6.30. The van der Waals surface area contributed by atoms with Crippen molar-refractivity contribution >= 4 is 34.2 Å². The smallest absolute Gasteiger partial charge is 0.242 e. The van der Waals surface area contributed by atoms with E-state index in [-0.39, 0.29) is 17.9 Å². The maximum absolute atomic E-state index is 13.3. The number of carbonyl (C=O) groups excluding carboxylic acids is 2. The molecule has 0 radical (unpaired) electrons. The molecule has 2 amide bonds. The maximum atomic E-state index is 13.3. The van der Waals surface area contributed by atoms with Gasteiger partial charge < -0.3 is 10.2 Å². The summed E-state index contributed by atoms with van der Waals surface area (Å²) in [6.07, 6.45) is 1.80. The van der Waals surface area contributed by atoms with Crippen LogP contribution in [-0.2, 0) is 22.6 Å². The SMILES string of the molecule is CC[C@@H](C)NC(=O)[C@@H](C)N(Cc1ccc(Cl)cc1)C(=O)CCc1cccc2ccccc12. The molecule has 0 heterocycles. The first-order chi connectivity index (χ1) is 15.4. The Morgan fingerprint density at radius 3 is 2.38 bits per heavy atom. The summed E-state index contributed by atoms with van der Waals surface area (Å²) >= 11 is 6.02. The highest BCUT2D eigenvalue weighted by atomic mass is 35.5. The third-order valence-electron chi connectivity index (χ3n) is 5.92. The predicted molar refractivity (Wildman–Crippen MR) is 132 cm³/mol. The second kappa shape index (κ2) is 11.1. The lowest BCUT2D eigenvalue weighted by Gasteiger charge is -2.30. The standard InChI is InChI=1S/C27H31ClN2O2/c1-4-19(2)29-27(32)20(3)30(18-21-12-15-24(28)16-13-21)26(31)17-14-23-10-7-9-22-8-5-6-11-25(22)23/h5-13,15-16,19-20H,4,14,17-18H2,1-3H3,(H,29,32)/t19-,20-/m1/s1. The molecule has 5 heteroatoms. The molecule has 0 unspecified atom stereocenters. The van der Waals surface area contributed by atoms with Gasteiger partial charge >= 0.3 is 0 Å². The number of hydrogen-bond acceptors (Lipinski definition) is 2. The van der Waals surface area contributed by atoms with E-state index in [4.69, 9.17) is 11.6 Å². The number of nitrogens with zero attached hydrogens (tertiary/aromatic N) is 1. The van der Waals surface area contributed by atoms with Gasteiger partial charge in [0.2, 0.25) is 11.8 Å². The average molecular weight is 451 g/mol. The monoisotopic (exact) mass is 450 g/mol. The summed E-state index contributed by atoms with van der Waals surface area (Å²) in [5, 5.41) is 5.97. The van der Waals surface area contributed by atoms with E-state index < -0.39 is 6.04 Å². The topological polar surface area (TPSA) is 49.4 Å². The van der Waals surface area contributed by atoms with Crippen molar-refractivity contribution in [3.05, 3.63) is 82.9 Å². The number of rotatable bonds is 9. The van der Waals surface area contributed by atoms with E-state index in [1.54, 1.807) is 24.0 Å². The van der Waals surface area contributed by atoms with Gasteiger partial charge in [-0.05, 0) is 60.7 Å². The summed E-state index contributed by atoms with van der Waals surface area (Å²) in [6, 6.07) is 21.3. The molecule has 4 nitrogen and oxygen atoms in total. The molecule has 0 spiro atoms. The molecule has 0 bridgehead atoms. The van der Waals surface area contributed by atoms with Crippen LogP contribution in [0.25, 0.3) is 10.8 Å². The van der Waals surface area contributed by atoms with Crippen molar-refractivity contribution in [3.63, 3.8) is 0 Å². The molecule has 0 aliphatic heterocycles. The zero-order valence-electron chi connectivity index (χ0n) is 19.0. The second-order valence-electron chi connectivity index (χ2n) is 8.28. The van der Waals surface area contributed by atoms with Crippen molar-refractivity contribution in [1.82, 2.24) is 10.2 Å². The van der Waals surface area contributed by atoms with Crippen LogP contribution < -0.4 is 5.32 Å². The van der Waals surface area contributed by atoms with Crippen molar-refractivity contribution in [2.24, 2.45) is 0 Å². The predicted octanol–water partition coefficient (Wildman–Crippen LogP) is 5.76. The normalized spacial score (nSPS) is 12.9. The highest BCUT2D eigenvalue weighted by Gasteiger charge is 2.26. The van der Waals surface area contributed by atoms with Gasteiger partial charge in [0.15, 0.2) is 0 Å². The molecule has 0 saturated heterocycles. The Hall–Kier alpha value is -2.85. The molecular formula is C27H31ClN2O2. The van der Waals surface area contributed by atoms with Crippen molar-refractivity contribution in [2.75, 3.05) is 0 Å². The summed E-state index contributed by atoms with van der Waals surface area (Å²) in [7, 11) is 0. The third-order valence-corrected chi connectivity index (χ3v) is 6.17. The van der Waals surface area contributed by atoms with Gasteiger partial charge in [0, 0.05) is 24.0 Å². The first-order valence-electron chi connectivity index (χ1n) is 11.2. The van der Waals surface area contributed by atoms with Crippen molar-refractivity contribution < 1.29 is 9.59 Å². The lowest BCUT2D eigenvalue weighted by atomic mass is 10.0. The Balaban J connectivity index is 1.78. The summed E-state index contributed by atoms with van der Waals surface area (Å²) < 4.78 is 0. The molecule has 2 atom stereocenters. The number of fused-ring (bicyclic) bond motifs is 1. The van der Waals surface area contributed by atoms with E-state index in [9.17, 15) is 9.59 Å². The van der Waals surface area contributed by atoms with E-state index >= 15 is 0 Å². The largest absolute Gasteiger partial charge is 0.352 e. The van der Waals surface area contributed by atoms with Crippen LogP contribution in [0.15, 0.2) is 66.7 Å². The fraction of sp³-hybridized carbons (Fsp3) is 0.333. The van der Waals surface area contributed by atoms with Gasteiger partial charge in [-0.25, -0.2) is 0 Å². The van der Waals surface area contributed by atoms with Gasteiger partial charge in [0.25, 0.3) is 0 Å². The summed E-state index contributed by atoms with van der Waals surface area (Å²) in [5.74, 6) is -0.175. The second-order valence-corrected chi connectivity index (χ2v) is 8.72. The molecule has 0 aliphatic carbocycles. The fourth-order valence-electron chi connectivity index (χ4n) is 3.73. The minimum atomic E-state index is -0.570. The Morgan fingerprint density at radius 1 is 0.969 bits per heavy atom. The van der Waals surface area contributed by atoms with E-state index in [0.717, 1.165) is 28.3 Å². The van der Waals surface area contributed by atoms with Gasteiger partial charge in [0.1, 0.15) is 6.04 Å². The number of halogens is 1. The van der Waals surface area contributed by atoms with E-state index in [2.05, 4.69) is 29.6 Å². The molecular weight excluding hydrogens is 420 g/mol. The number of benzene rings is 3. The van der Waals surface area contributed by atoms with Crippen LogP contribution in [0.1, 0.15) is 44.7 Å². The van der Waals surface area contributed by atoms with Crippen molar-refractivity contribution in [1.29, 1.82) is 0 Å². The molecule has 0 saturated carbocycles. The third kappa shape index (κ3) is 6.10.